The second-order valence-electron chi connectivity index (χ2n) is 5.11. The van der Waals surface area contributed by atoms with Crippen LogP contribution in [0.3, 0.4) is 0 Å². The molecule has 2 aromatic heterocycles. The van der Waals surface area contributed by atoms with Gasteiger partial charge in [-0.3, -0.25) is 4.79 Å². The molecule has 1 N–H and O–H groups in total. The van der Waals surface area contributed by atoms with E-state index in [0.29, 0.717) is 28.8 Å². The Kier molecular flexibility index (Phi) is 5.34. The molecule has 3 aromatic rings. The average molecular weight is 379 g/mol. The molecule has 2 heterocycles. The highest BCUT2D eigenvalue weighted by molar-refractivity contribution is 7.98. The van der Waals surface area contributed by atoms with Crippen LogP contribution in [0.5, 0.6) is 0 Å². The molecule has 130 valence electrons. The predicted molar refractivity (Wildman–Crippen MR) is 94.3 cm³/mol. The molecule has 0 saturated carbocycles. The van der Waals surface area contributed by atoms with Crippen LogP contribution in [-0.2, 0) is 17.1 Å². The van der Waals surface area contributed by atoms with E-state index in [1.165, 1.54) is 18.7 Å². The Balaban J connectivity index is 1.84. The highest BCUT2D eigenvalue weighted by Crippen LogP contribution is 2.29. The fourth-order valence-electron chi connectivity index (χ4n) is 2.21. The number of thioether (sulfide) groups is 1. The van der Waals surface area contributed by atoms with E-state index in [-0.39, 0.29) is 11.7 Å². The van der Waals surface area contributed by atoms with E-state index in [1.807, 2.05) is 35.8 Å². The summed E-state index contributed by atoms with van der Waals surface area (Å²) in [6.07, 6.45) is 0. The highest BCUT2D eigenvalue weighted by atomic mass is 35.5. The number of carbonyl (C=O) groups is 1. The van der Waals surface area contributed by atoms with Crippen molar-refractivity contribution in [3.63, 3.8) is 0 Å². The third kappa shape index (κ3) is 3.99. The van der Waals surface area contributed by atoms with Gasteiger partial charge < -0.3 is 9.88 Å². The maximum atomic E-state index is 11.3. The molecule has 0 bridgehead atoms. The van der Waals surface area contributed by atoms with E-state index in [1.54, 1.807) is 0 Å². The second kappa shape index (κ2) is 7.66. The van der Waals surface area contributed by atoms with Crippen LogP contribution in [0.15, 0.2) is 34.1 Å². The van der Waals surface area contributed by atoms with Crippen molar-refractivity contribution in [3.05, 3.63) is 34.9 Å². The number of rotatable bonds is 6. The Morgan fingerprint density at radius 1 is 1.36 bits per heavy atom. The van der Waals surface area contributed by atoms with Crippen LogP contribution < -0.4 is 5.32 Å². The van der Waals surface area contributed by atoms with Crippen LogP contribution in [0.2, 0.25) is 5.02 Å². The topological polar surface area (TPSA) is 98.7 Å². The van der Waals surface area contributed by atoms with E-state index in [2.05, 4.69) is 25.8 Å². The summed E-state index contributed by atoms with van der Waals surface area (Å²) in [5, 5.41) is 19.9. The van der Waals surface area contributed by atoms with Gasteiger partial charge in [-0.25, -0.2) is 4.63 Å². The summed E-state index contributed by atoms with van der Waals surface area (Å²) in [6, 6.07) is 7.67. The summed E-state index contributed by atoms with van der Waals surface area (Å²) in [5.41, 5.74) is 1.44. The van der Waals surface area contributed by atoms with E-state index in [4.69, 9.17) is 16.2 Å². The van der Waals surface area contributed by atoms with Crippen molar-refractivity contribution in [2.24, 2.45) is 0 Å². The zero-order chi connectivity index (χ0) is 17.8. The smallest absolute Gasteiger partial charge is 0.222 e. The molecule has 0 fully saturated rings. The van der Waals surface area contributed by atoms with Crippen LogP contribution in [0, 0.1) is 0 Å². The number of anilines is 1. The SMILES string of the molecule is CCn1c(SCc2cccc(Cl)c2)nnc1-c1nonc1NC(C)=O. The lowest BCUT2D eigenvalue weighted by Crippen LogP contribution is -2.08. The standard InChI is InChI=1S/C15H15ClN6O2S/c1-3-22-14(12-13(17-9(2)23)21-24-20-12)18-19-15(22)25-8-10-5-4-6-11(16)7-10/h4-7H,3,8H2,1-2H3,(H,17,21,23). The van der Waals surface area contributed by atoms with Gasteiger partial charge in [0.05, 0.1) is 0 Å². The fraction of sp³-hybridized carbons (Fsp3) is 0.267. The van der Waals surface area contributed by atoms with E-state index in [9.17, 15) is 4.79 Å². The van der Waals surface area contributed by atoms with Gasteiger partial charge in [0.25, 0.3) is 0 Å². The minimum atomic E-state index is -0.268. The normalized spacial score (nSPS) is 10.8. The van der Waals surface area contributed by atoms with E-state index >= 15 is 0 Å². The molecule has 0 aliphatic carbocycles. The number of amides is 1. The maximum Gasteiger partial charge on any atom is 0.222 e. The van der Waals surface area contributed by atoms with Crippen LogP contribution in [0.25, 0.3) is 11.5 Å². The Bertz CT molecular complexity index is 894. The molecule has 8 nitrogen and oxygen atoms in total. The largest absolute Gasteiger partial charge is 0.306 e. The summed E-state index contributed by atoms with van der Waals surface area (Å²) >= 11 is 7.55. The first kappa shape index (κ1) is 17.4. The number of nitrogens with one attached hydrogen (secondary N) is 1. The third-order valence-corrected chi connectivity index (χ3v) is 4.56. The Morgan fingerprint density at radius 2 is 2.20 bits per heavy atom. The number of aromatic nitrogens is 5. The molecule has 1 aromatic carbocycles. The summed E-state index contributed by atoms with van der Waals surface area (Å²) in [4.78, 5) is 11.3. The van der Waals surface area contributed by atoms with Gasteiger partial charge in [0.1, 0.15) is 0 Å². The minimum Gasteiger partial charge on any atom is -0.306 e. The highest BCUT2D eigenvalue weighted by Gasteiger charge is 2.21. The van der Waals surface area contributed by atoms with Gasteiger partial charge in [0.2, 0.25) is 11.7 Å². The van der Waals surface area contributed by atoms with Gasteiger partial charge in [-0.05, 0) is 34.9 Å². The fourth-order valence-corrected chi connectivity index (χ4v) is 3.37. The molecular formula is C15H15ClN6O2S. The quantitative estimate of drug-likeness (QED) is 0.657. The number of hydrogen-bond acceptors (Lipinski definition) is 7. The molecule has 25 heavy (non-hydrogen) atoms. The van der Waals surface area contributed by atoms with Crippen molar-refractivity contribution in [2.75, 3.05) is 5.32 Å². The first-order valence-electron chi connectivity index (χ1n) is 7.49. The lowest BCUT2D eigenvalue weighted by molar-refractivity contribution is -0.114. The van der Waals surface area contributed by atoms with Crippen molar-refractivity contribution >= 4 is 35.1 Å². The van der Waals surface area contributed by atoms with Crippen molar-refractivity contribution in [1.82, 2.24) is 25.1 Å². The third-order valence-electron chi connectivity index (χ3n) is 3.28. The Morgan fingerprint density at radius 3 is 2.92 bits per heavy atom. The Labute approximate surface area is 152 Å². The molecule has 0 atom stereocenters. The number of halogens is 1. The zero-order valence-electron chi connectivity index (χ0n) is 13.6. The van der Waals surface area contributed by atoms with Gasteiger partial charge >= 0.3 is 0 Å². The molecule has 0 spiro atoms. The molecule has 10 heteroatoms. The van der Waals surface area contributed by atoms with Crippen LogP contribution in [0.1, 0.15) is 19.4 Å². The van der Waals surface area contributed by atoms with Crippen LogP contribution in [-0.4, -0.2) is 31.0 Å². The average Bonchev–Trinajstić information content (AvgIpc) is 3.18. The summed E-state index contributed by atoms with van der Waals surface area (Å²) in [5.74, 6) is 1.14. The van der Waals surface area contributed by atoms with Gasteiger partial charge in [-0.1, -0.05) is 35.5 Å². The molecule has 0 unspecified atom stereocenters. The molecule has 0 aliphatic rings. The number of carbonyl (C=O) groups excluding carboxylic acids is 1. The van der Waals surface area contributed by atoms with Crippen molar-refractivity contribution in [2.45, 2.75) is 31.3 Å². The van der Waals surface area contributed by atoms with Gasteiger partial charge in [-0.15, -0.1) is 10.2 Å². The molecule has 3 rings (SSSR count). The van der Waals surface area contributed by atoms with Crippen LogP contribution in [0.4, 0.5) is 5.82 Å². The number of benzene rings is 1. The summed E-state index contributed by atoms with van der Waals surface area (Å²) < 4.78 is 6.62. The maximum absolute atomic E-state index is 11.3. The molecule has 0 aliphatic heterocycles. The zero-order valence-corrected chi connectivity index (χ0v) is 15.1. The first-order chi connectivity index (χ1) is 12.1. The monoisotopic (exact) mass is 378 g/mol. The van der Waals surface area contributed by atoms with E-state index < -0.39 is 0 Å². The molecule has 1 amide bonds. The summed E-state index contributed by atoms with van der Waals surface area (Å²) in [6.45, 7) is 3.99. The lowest BCUT2D eigenvalue weighted by Gasteiger charge is -2.06. The van der Waals surface area contributed by atoms with Gasteiger partial charge in [0.15, 0.2) is 16.7 Å². The lowest BCUT2D eigenvalue weighted by atomic mass is 10.2. The minimum absolute atomic E-state index is 0.223. The van der Waals surface area contributed by atoms with Crippen molar-refractivity contribution in [3.8, 4) is 11.5 Å². The van der Waals surface area contributed by atoms with Gasteiger partial charge in [0, 0.05) is 24.2 Å². The van der Waals surface area contributed by atoms with Crippen LogP contribution >= 0.6 is 23.4 Å². The first-order valence-corrected chi connectivity index (χ1v) is 8.85. The number of hydrogen-bond donors (Lipinski definition) is 1. The molecule has 0 saturated heterocycles. The van der Waals surface area contributed by atoms with Crippen molar-refractivity contribution in [1.29, 1.82) is 0 Å². The molecular weight excluding hydrogens is 364 g/mol. The Hall–Kier alpha value is -2.39. The van der Waals surface area contributed by atoms with Crippen molar-refractivity contribution < 1.29 is 9.42 Å². The number of nitrogens with zero attached hydrogens (tertiary/aromatic N) is 5. The van der Waals surface area contributed by atoms with Gasteiger partial charge in [-0.2, -0.15) is 0 Å². The second-order valence-corrected chi connectivity index (χ2v) is 6.49. The van der Waals surface area contributed by atoms with E-state index in [0.717, 1.165) is 10.7 Å². The predicted octanol–water partition coefficient (Wildman–Crippen LogP) is 3.25. The molecule has 0 radical (unpaired) electrons. The summed E-state index contributed by atoms with van der Waals surface area (Å²) in [7, 11) is 0.